The molecule has 1 aliphatic heterocycles. The Kier molecular flexibility index (Phi) is 83.9. The van der Waals surface area contributed by atoms with Crippen LogP contribution in [0.2, 0.25) is 0 Å². The molecule has 1 fully saturated rings. The number of halogens is 1. The van der Waals surface area contributed by atoms with Gasteiger partial charge in [0.25, 0.3) is 0 Å². The molecule has 1 saturated heterocycles. The molecule has 0 radical (unpaired) electrons. The van der Waals surface area contributed by atoms with Crippen LogP contribution in [0.1, 0.15) is 483 Å². The van der Waals surface area contributed by atoms with Crippen molar-refractivity contribution >= 4 is 40.7 Å². The third-order valence-electron chi connectivity index (χ3n) is 21.9. The van der Waals surface area contributed by atoms with Gasteiger partial charge in [0.2, 0.25) is 0 Å². The van der Waals surface area contributed by atoms with Crippen molar-refractivity contribution in [3.8, 4) is 23.0 Å². The van der Waals surface area contributed by atoms with Crippen molar-refractivity contribution < 1.29 is 33.6 Å². The maximum Gasteiger partial charge on any atom is 0.150 e. The lowest BCUT2D eigenvalue weighted by atomic mass is 10.0. The third-order valence-corrected chi connectivity index (χ3v) is 22.4. The van der Waals surface area contributed by atoms with Crippen LogP contribution in [0.25, 0.3) is 12.2 Å². The Morgan fingerprint density at radius 1 is 0.259 bits per heavy atom. The van der Waals surface area contributed by atoms with Gasteiger partial charge in [-0.2, -0.15) is 0 Å². The Bertz CT molecular complexity index is 2380. The van der Waals surface area contributed by atoms with Gasteiger partial charge < -0.3 is 24.1 Å². The first kappa shape index (κ1) is 106. The van der Waals surface area contributed by atoms with Crippen molar-refractivity contribution in [1.82, 2.24) is 0 Å². The van der Waals surface area contributed by atoms with Crippen LogP contribution in [-0.2, 0) is 4.74 Å². The molecule has 0 unspecified atom stereocenters. The lowest BCUT2D eigenvalue weighted by Crippen LogP contribution is -1.97. The van der Waals surface area contributed by atoms with Crippen molar-refractivity contribution in [2.75, 3.05) is 38.4 Å². The Morgan fingerprint density at radius 2 is 0.438 bits per heavy atom. The number of rotatable bonds is 74. The molecule has 642 valence electrons. The van der Waals surface area contributed by atoms with E-state index >= 15 is 0 Å². The van der Waals surface area contributed by atoms with Crippen LogP contribution < -0.4 is 14.2 Å². The van der Waals surface area contributed by atoms with Crippen LogP contribution >= 0.6 is 15.9 Å². The lowest BCUT2D eigenvalue weighted by molar-refractivity contribution is 0.111. The first-order valence-corrected chi connectivity index (χ1v) is 49.2. The van der Waals surface area contributed by atoms with Crippen molar-refractivity contribution in [3.63, 3.8) is 0 Å². The number of unbranched alkanes of at least 4 members (excludes halogenated alkanes) is 60. The number of aldehydes is 2. The molecule has 0 bridgehead atoms. The summed E-state index contributed by atoms with van der Waals surface area (Å²) >= 11 is 3.49. The zero-order valence-corrected chi connectivity index (χ0v) is 75.3. The van der Waals surface area contributed by atoms with Crippen molar-refractivity contribution in [2.45, 2.75) is 451 Å². The van der Waals surface area contributed by atoms with Gasteiger partial charge in [-0.1, -0.05) is 465 Å². The summed E-state index contributed by atoms with van der Waals surface area (Å²) in [6.07, 6.45) is 98.7. The van der Waals surface area contributed by atoms with Gasteiger partial charge in [0, 0.05) is 29.7 Å². The number of phenolic OH excluding ortho intramolecular Hbond substituents is 1. The Labute approximate surface area is 702 Å². The normalized spacial score (nSPS) is 11.6. The molecule has 1 N–H and O–H groups in total. The SMILES string of the molecule is C1CCOC1.CCCCCCCCCCCCCCCCCCBr.CCCCCCCCCCCCCCCCCCOc1ccc(/C=C/c2ccc(OCCCCCCCCCCCCCCCCCC)cc2)cc1.CCCCCCCCCCCCCCCCCCOc1ccc(C=O)cc1.O=Cc1ccc(O)cc1. The highest BCUT2D eigenvalue weighted by Crippen LogP contribution is 2.23. The highest BCUT2D eigenvalue weighted by molar-refractivity contribution is 9.09. The summed E-state index contributed by atoms with van der Waals surface area (Å²) in [7, 11) is 0. The molecule has 5 rings (SSSR count). The molecule has 112 heavy (non-hydrogen) atoms. The van der Waals surface area contributed by atoms with Gasteiger partial charge in [-0.3, -0.25) is 9.59 Å². The fourth-order valence-corrected chi connectivity index (χ4v) is 14.8. The van der Waals surface area contributed by atoms with Crippen molar-refractivity contribution in [2.24, 2.45) is 0 Å². The predicted octanol–water partition coefficient (Wildman–Crippen LogP) is 34.9. The van der Waals surface area contributed by atoms with Gasteiger partial charge in [-0.25, -0.2) is 0 Å². The van der Waals surface area contributed by atoms with E-state index in [0.29, 0.717) is 11.1 Å². The number of phenols is 1. The smallest absolute Gasteiger partial charge is 0.150 e. The Morgan fingerprint density at radius 3 is 0.616 bits per heavy atom. The number of aromatic hydroxyl groups is 1. The van der Waals surface area contributed by atoms with E-state index in [9.17, 15) is 9.59 Å². The molecular formula is C104H177BrO7. The van der Waals surface area contributed by atoms with Crippen LogP contribution in [0.3, 0.4) is 0 Å². The molecule has 8 heteroatoms. The van der Waals surface area contributed by atoms with E-state index in [1.54, 1.807) is 24.3 Å². The topological polar surface area (TPSA) is 91.3 Å². The molecule has 4 aromatic rings. The summed E-state index contributed by atoms with van der Waals surface area (Å²) in [4.78, 5) is 20.6. The number of alkyl halides is 1. The number of ether oxygens (including phenoxy) is 4. The molecule has 0 spiro atoms. The number of benzene rings is 4. The minimum absolute atomic E-state index is 0.181. The Hall–Kier alpha value is -4.40. The summed E-state index contributed by atoms with van der Waals surface area (Å²) in [6, 6.07) is 30.4. The molecule has 0 aliphatic carbocycles. The zero-order chi connectivity index (χ0) is 80.5. The molecule has 1 aliphatic rings. The average molecular weight is 1620 g/mol. The van der Waals surface area contributed by atoms with Crippen molar-refractivity contribution in [3.05, 3.63) is 119 Å². The van der Waals surface area contributed by atoms with Gasteiger partial charge in [0.15, 0.2) is 0 Å². The van der Waals surface area contributed by atoms with Gasteiger partial charge in [0.1, 0.15) is 35.6 Å². The summed E-state index contributed by atoms with van der Waals surface area (Å²) in [5, 5.41) is 9.92. The van der Waals surface area contributed by atoms with E-state index in [2.05, 4.69) is 104 Å². The second-order valence-electron chi connectivity index (χ2n) is 32.6. The van der Waals surface area contributed by atoms with E-state index in [1.165, 1.54) is 433 Å². The molecule has 0 atom stereocenters. The fourth-order valence-electron chi connectivity index (χ4n) is 14.4. The molecule has 0 amide bonds. The first-order chi connectivity index (χ1) is 55.4. The molecular weight excluding hydrogens is 1440 g/mol. The van der Waals surface area contributed by atoms with Crippen molar-refractivity contribution in [1.29, 1.82) is 0 Å². The van der Waals surface area contributed by atoms with Crippen LogP contribution in [-0.4, -0.2) is 56.0 Å². The summed E-state index contributed by atoms with van der Waals surface area (Å²) in [6.45, 7) is 13.6. The third kappa shape index (κ3) is 76.9. The zero-order valence-electron chi connectivity index (χ0n) is 73.7. The van der Waals surface area contributed by atoms with Crippen LogP contribution in [0.15, 0.2) is 97.1 Å². The van der Waals surface area contributed by atoms with Gasteiger partial charge >= 0.3 is 0 Å². The lowest BCUT2D eigenvalue weighted by Gasteiger charge is -2.07. The second kappa shape index (κ2) is 89.0. The first-order valence-electron chi connectivity index (χ1n) is 48.1. The maximum absolute atomic E-state index is 10.6. The van der Waals surface area contributed by atoms with E-state index in [0.717, 1.165) is 82.1 Å². The molecule has 7 nitrogen and oxygen atoms in total. The molecule has 0 aromatic heterocycles. The van der Waals surface area contributed by atoms with Crippen LogP contribution in [0.4, 0.5) is 0 Å². The standard InChI is InChI=1S/C50H84O2.C25H42O2.C18H37Br.C7H6O2.C4H8O/c1-3-5-7-9-11-13-15-17-19-21-23-25-27-29-31-33-45-51-49-41-37-47(38-42-49)35-36-48-39-43-50(44-40-48)52-46-34-32-30-28-26-24-22-20-18-16-14-12-10-8-6-4-2;1-2-3-4-5-6-7-8-9-10-11-12-13-14-15-16-17-22-27-25-20-18-24(23-26)19-21-25;1-2-3-4-5-6-7-8-9-10-11-12-13-14-15-16-17-18-19;8-5-6-1-3-7(9)4-2-6;1-2-4-5-3-1/h35-44H,3-34,45-46H2,1-2H3;18-21,23H,2-17,22H2,1H3;2-18H2,1H3;1-5,9H;1-4H2/b36-35+;;;;. The number of carbonyl (C=O) groups is 2. The quantitative estimate of drug-likeness (QED) is 0.0204. The average Bonchev–Trinajstić information content (AvgIpc) is 0.930. The largest absolute Gasteiger partial charge is 0.508 e. The predicted molar refractivity (Wildman–Crippen MR) is 496 cm³/mol. The van der Waals surface area contributed by atoms with E-state index < -0.39 is 0 Å². The molecule has 1 heterocycles. The minimum Gasteiger partial charge on any atom is -0.508 e. The maximum atomic E-state index is 10.6. The monoisotopic (exact) mass is 1620 g/mol. The van der Waals surface area contributed by atoms with Crippen LogP contribution in [0, 0.1) is 0 Å². The number of hydrogen-bond acceptors (Lipinski definition) is 7. The highest BCUT2D eigenvalue weighted by atomic mass is 79.9. The summed E-state index contributed by atoms with van der Waals surface area (Å²) in [5.74, 6) is 3.00. The summed E-state index contributed by atoms with van der Waals surface area (Å²) < 4.78 is 22.7. The highest BCUT2D eigenvalue weighted by Gasteiger charge is 2.04. The second-order valence-corrected chi connectivity index (χ2v) is 33.4. The van der Waals surface area contributed by atoms with Crippen LogP contribution in [0.5, 0.6) is 23.0 Å². The summed E-state index contributed by atoms with van der Waals surface area (Å²) in [5.41, 5.74) is 3.66. The Balaban J connectivity index is 0.000000856. The molecule has 0 saturated carbocycles. The number of carbonyl (C=O) groups excluding carboxylic acids is 2. The van der Waals surface area contributed by atoms with E-state index in [-0.39, 0.29) is 5.75 Å². The van der Waals surface area contributed by atoms with Gasteiger partial charge in [0.05, 0.1) is 19.8 Å². The van der Waals surface area contributed by atoms with Gasteiger partial charge in [-0.15, -0.1) is 0 Å². The van der Waals surface area contributed by atoms with E-state index in [1.807, 2.05) is 12.1 Å². The number of hydrogen-bond donors (Lipinski definition) is 1. The minimum atomic E-state index is 0.181. The van der Waals surface area contributed by atoms with E-state index in [4.69, 9.17) is 24.1 Å². The van der Waals surface area contributed by atoms with Gasteiger partial charge in [-0.05, 0) is 122 Å². The fraction of sp³-hybridized carbons (Fsp3) is 0.731. The molecule has 4 aromatic carbocycles.